The van der Waals surface area contributed by atoms with Gasteiger partial charge in [-0.2, -0.15) is 4.31 Å². The van der Waals surface area contributed by atoms with E-state index in [1.54, 1.807) is 23.2 Å². The van der Waals surface area contributed by atoms with Crippen LogP contribution in [0.25, 0.3) is 0 Å². The number of piperidine rings is 1. The number of amides is 2. The average Bonchev–Trinajstić information content (AvgIpc) is 3.36. The zero-order valence-corrected chi connectivity index (χ0v) is 18.3. The molecule has 2 saturated heterocycles. The molecule has 8 nitrogen and oxygen atoms in total. The SMILES string of the molecule is Cc1cnc(NC(=O)[C@H]2CCCN(S(=O)(=O)c3ccc(N4CCCC4=O)cc3)C2)s1. The lowest BCUT2D eigenvalue weighted by molar-refractivity contribution is -0.121. The molecule has 1 aromatic heterocycles. The lowest BCUT2D eigenvalue weighted by Crippen LogP contribution is -2.43. The van der Waals surface area contributed by atoms with Crippen LogP contribution in [0, 0.1) is 12.8 Å². The second-order valence-electron chi connectivity index (χ2n) is 7.61. The summed E-state index contributed by atoms with van der Waals surface area (Å²) in [7, 11) is -3.71. The van der Waals surface area contributed by atoms with Gasteiger partial charge in [0.05, 0.1) is 10.8 Å². The summed E-state index contributed by atoms with van der Waals surface area (Å²) in [5.41, 5.74) is 0.714. The molecular weight excluding hydrogens is 424 g/mol. The number of sulfonamides is 1. The normalized spacial score (nSPS) is 20.5. The van der Waals surface area contributed by atoms with E-state index >= 15 is 0 Å². The van der Waals surface area contributed by atoms with Crippen molar-refractivity contribution in [1.82, 2.24) is 9.29 Å². The topological polar surface area (TPSA) is 99.7 Å². The van der Waals surface area contributed by atoms with E-state index in [0.29, 0.717) is 43.2 Å². The number of hydrogen-bond acceptors (Lipinski definition) is 6. The summed E-state index contributed by atoms with van der Waals surface area (Å²) >= 11 is 1.39. The third-order valence-corrected chi connectivity index (χ3v) is 8.17. The maximum Gasteiger partial charge on any atom is 0.243 e. The quantitative estimate of drug-likeness (QED) is 0.758. The zero-order chi connectivity index (χ0) is 21.3. The Morgan fingerprint density at radius 3 is 2.60 bits per heavy atom. The minimum absolute atomic E-state index is 0.0610. The second-order valence-corrected chi connectivity index (χ2v) is 10.8. The summed E-state index contributed by atoms with van der Waals surface area (Å²) in [6.45, 7) is 3.10. The molecule has 2 fully saturated rings. The van der Waals surface area contributed by atoms with Crippen LogP contribution in [0.15, 0.2) is 35.4 Å². The Morgan fingerprint density at radius 2 is 1.97 bits per heavy atom. The number of nitrogens with one attached hydrogen (secondary N) is 1. The molecular formula is C20H24N4O4S2. The van der Waals surface area contributed by atoms with Gasteiger partial charge in [-0.3, -0.25) is 9.59 Å². The van der Waals surface area contributed by atoms with E-state index in [-0.39, 0.29) is 23.3 Å². The Bertz CT molecular complexity index is 1050. The Kier molecular flexibility index (Phi) is 5.90. The molecule has 0 radical (unpaired) electrons. The standard InChI is InChI=1S/C20H24N4O4S2/c1-14-12-21-20(29-14)22-19(26)15-4-2-10-23(13-15)30(27,28)17-8-6-16(7-9-17)24-11-3-5-18(24)25/h6-9,12,15H,2-5,10-11,13H2,1H3,(H,21,22,26)/t15-/m0/s1. The van der Waals surface area contributed by atoms with Crippen LogP contribution in [0.1, 0.15) is 30.6 Å². The molecule has 30 heavy (non-hydrogen) atoms. The lowest BCUT2D eigenvalue weighted by atomic mass is 9.99. The summed E-state index contributed by atoms with van der Waals surface area (Å²) in [6.07, 6.45) is 4.29. The fraction of sp³-hybridized carbons (Fsp3) is 0.450. The van der Waals surface area contributed by atoms with Gasteiger partial charge in [-0.15, -0.1) is 11.3 Å². The van der Waals surface area contributed by atoms with E-state index in [0.717, 1.165) is 11.3 Å². The van der Waals surface area contributed by atoms with E-state index in [1.807, 2.05) is 6.92 Å². The van der Waals surface area contributed by atoms with Gasteiger partial charge in [0.25, 0.3) is 0 Å². The number of hydrogen-bond donors (Lipinski definition) is 1. The highest BCUT2D eigenvalue weighted by atomic mass is 32.2. The predicted molar refractivity (Wildman–Crippen MR) is 115 cm³/mol. The Hall–Kier alpha value is -2.30. The van der Waals surface area contributed by atoms with Gasteiger partial charge in [0.1, 0.15) is 0 Å². The highest BCUT2D eigenvalue weighted by Crippen LogP contribution is 2.28. The summed E-state index contributed by atoms with van der Waals surface area (Å²) in [5, 5.41) is 3.33. The number of anilines is 2. The molecule has 0 spiro atoms. The van der Waals surface area contributed by atoms with E-state index in [9.17, 15) is 18.0 Å². The minimum Gasteiger partial charge on any atom is -0.312 e. The van der Waals surface area contributed by atoms with Gasteiger partial charge < -0.3 is 10.2 Å². The van der Waals surface area contributed by atoms with E-state index in [2.05, 4.69) is 10.3 Å². The summed E-state index contributed by atoms with van der Waals surface area (Å²) in [4.78, 5) is 31.5. The number of rotatable bonds is 5. The Morgan fingerprint density at radius 1 is 1.20 bits per heavy atom. The van der Waals surface area contributed by atoms with Gasteiger partial charge in [0.15, 0.2) is 5.13 Å². The first-order valence-electron chi connectivity index (χ1n) is 9.98. The van der Waals surface area contributed by atoms with Gasteiger partial charge in [0.2, 0.25) is 21.8 Å². The van der Waals surface area contributed by atoms with Crippen molar-refractivity contribution in [2.75, 3.05) is 29.9 Å². The third-order valence-electron chi connectivity index (χ3n) is 5.47. The average molecular weight is 449 g/mol. The van der Waals surface area contributed by atoms with Crippen LogP contribution in [0.5, 0.6) is 0 Å². The van der Waals surface area contributed by atoms with E-state index in [1.165, 1.54) is 27.8 Å². The molecule has 1 N–H and O–H groups in total. The van der Waals surface area contributed by atoms with Gasteiger partial charge in [-0.1, -0.05) is 0 Å². The number of benzene rings is 1. The van der Waals surface area contributed by atoms with E-state index in [4.69, 9.17) is 0 Å². The molecule has 2 aliphatic rings. The number of carbonyl (C=O) groups excluding carboxylic acids is 2. The summed E-state index contributed by atoms with van der Waals surface area (Å²) in [5.74, 6) is -0.558. The summed E-state index contributed by atoms with van der Waals surface area (Å²) in [6, 6.07) is 6.43. The van der Waals surface area contributed by atoms with Crippen molar-refractivity contribution in [1.29, 1.82) is 0 Å². The van der Waals surface area contributed by atoms with Crippen molar-refractivity contribution < 1.29 is 18.0 Å². The molecule has 2 aromatic rings. The van der Waals surface area contributed by atoms with Crippen LogP contribution in [0.2, 0.25) is 0 Å². The highest BCUT2D eigenvalue weighted by Gasteiger charge is 2.34. The molecule has 4 rings (SSSR count). The second kappa shape index (κ2) is 8.44. The van der Waals surface area contributed by atoms with Gasteiger partial charge >= 0.3 is 0 Å². The molecule has 0 unspecified atom stereocenters. The van der Waals surface area contributed by atoms with Crippen LogP contribution in [0.4, 0.5) is 10.8 Å². The first kappa shape index (κ1) is 21.0. The number of thiazole rings is 1. The van der Waals surface area contributed by atoms with Crippen molar-refractivity contribution in [3.8, 4) is 0 Å². The lowest BCUT2D eigenvalue weighted by Gasteiger charge is -2.31. The fourth-order valence-corrected chi connectivity index (χ4v) is 6.05. The maximum absolute atomic E-state index is 13.1. The van der Waals surface area contributed by atoms with Crippen molar-refractivity contribution in [2.24, 2.45) is 5.92 Å². The van der Waals surface area contributed by atoms with Gasteiger partial charge in [0, 0.05) is 42.8 Å². The number of carbonyl (C=O) groups is 2. The van der Waals surface area contributed by atoms with Crippen molar-refractivity contribution in [3.63, 3.8) is 0 Å². The Balaban J connectivity index is 1.45. The molecule has 2 aliphatic heterocycles. The maximum atomic E-state index is 13.1. The number of aryl methyl sites for hydroxylation is 1. The predicted octanol–water partition coefficient (Wildman–Crippen LogP) is 2.62. The first-order chi connectivity index (χ1) is 14.3. The van der Waals surface area contributed by atoms with Crippen LogP contribution >= 0.6 is 11.3 Å². The molecule has 0 bridgehead atoms. The molecule has 1 atom stereocenters. The van der Waals surface area contributed by atoms with Crippen molar-refractivity contribution in [2.45, 2.75) is 37.5 Å². The van der Waals surface area contributed by atoms with Crippen molar-refractivity contribution >= 4 is 44.0 Å². The number of nitrogens with zero attached hydrogens (tertiary/aromatic N) is 3. The smallest absolute Gasteiger partial charge is 0.243 e. The minimum atomic E-state index is -3.71. The third kappa shape index (κ3) is 4.26. The molecule has 1 aromatic carbocycles. The van der Waals surface area contributed by atoms with Crippen LogP contribution in [0.3, 0.4) is 0 Å². The molecule has 0 aliphatic carbocycles. The Labute approximate surface area is 180 Å². The summed E-state index contributed by atoms with van der Waals surface area (Å²) < 4.78 is 27.6. The van der Waals surface area contributed by atoms with Gasteiger partial charge in [-0.25, -0.2) is 13.4 Å². The zero-order valence-electron chi connectivity index (χ0n) is 16.7. The van der Waals surface area contributed by atoms with Crippen LogP contribution in [-0.2, 0) is 19.6 Å². The largest absolute Gasteiger partial charge is 0.312 e. The molecule has 3 heterocycles. The van der Waals surface area contributed by atoms with Gasteiger partial charge in [-0.05, 0) is 50.5 Å². The monoisotopic (exact) mass is 448 g/mol. The highest BCUT2D eigenvalue weighted by molar-refractivity contribution is 7.89. The number of aromatic nitrogens is 1. The van der Waals surface area contributed by atoms with Crippen LogP contribution in [-0.4, -0.2) is 49.2 Å². The molecule has 2 amide bonds. The fourth-order valence-electron chi connectivity index (χ4n) is 3.86. The van der Waals surface area contributed by atoms with Crippen LogP contribution < -0.4 is 10.2 Å². The molecule has 0 saturated carbocycles. The van der Waals surface area contributed by atoms with Crippen molar-refractivity contribution in [3.05, 3.63) is 35.3 Å². The van der Waals surface area contributed by atoms with E-state index < -0.39 is 15.9 Å². The molecule has 10 heteroatoms. The first-order valence-corrected chi connectivity index (χ1v) is 12.2. The molecule has 160 valence electrons.